The topological polar surface area (TPSA) is 0 Å². The van der Waals surface area contributed by atoms with E-state index in [1.165, 1.54) is 0 Å². The van der Waals surface area contributed by atoms with Crippen LogP contribution in [0.3, 0.4) is 0 Å². The Morgan fingerprint density at radius 3 is 0.704 bits per heavy atom. The van der Waals surface area contributed by atoms with Gasteiger partial charge in [-0.15, -0.1) is 9.24 Å². The van der Waals surface area contributed by atoms with E-state index in [4.69, 9.17) is 0 Å². The summed E-state index contributed by atoms with van der Waals surface area (Å²) in [5.74, 6) is 0. The van der Waals surface area contributed by atoms with Crippen molar-refractivity contribution in [1.29, 1.82) is 0 Å². The number of hydrogen-bond acceptors (Lipinski definition) is 0. The van der Waals surface area contributed by atoms with Gasteiger partial charge in [0.25, 0.3) is 0 Å². The number of halogens is 17. The fourth-order valence-electron chi connectivity index (χ4n) is 1.64. The van der Waals surface area contributed by atoms with Gasteiger partial charge in [0.1, 0.15) is 0 Å². The molecule has 0 saturated heterocycles. The Kier molecular flexibility index (Phi) is 6.26. The van der Waals surface area contributed by atoms with Crippen molar-refractivity contribution < 1.29 is 74.6 Å². The summed E-state index contributed by atoms with van der Waals surface area (Å²) in [5.41, 5.74) is -21.3. The van der Waals surface area contributed by atoms with E-state index in [1.807, 2.05) is 0 Å². The lowest BCUT2D eigenvalue weighted by Crippen LogP contribution is -2.66. The summed E-state index contributed by atoms with van der Waals surface area (Å²) in [6.45, 7) is 0. The van der Waals surface area contributed by atoms with E-state index in [0.717, 1.165) is 0 Å². The standard InChI is InChI=1S/C9H2F17P/c10-3(6(15,16)17,7(18,19)20)1(2(27)5(12,13)14)4(11,8(21,22)23)9(24,25)26/h27H2. The predicted octanol–water partition coefficient (Wildman–Crippen LogP) is 6.34. The van der Waals surface area contributed by atoms with Gasteiger partial charge in [-0.1, -0.05) is 0 Å². The molecular formula is C9H2F17P. The Hall–Kier alpha value is -1.02. The molecule has 0 N–H and O–H groups in total. The molecule has 0 bridgehead atoms. The molecule has 0 aliphatic carbocycles. The maximum absolute atomic E-state index is 13.7. The maximum atomic E-state index is 13.7. The Bertz CT molecular complexity index is 510. The van der Waals surface area contributed by atoms with Crippen molar-refractivity contribution in [2.75, 3.05) is 0 Å². The Labute approximate surface area is 138 Å². The molecule has 0 rings (SSSR count). The van der Waals surface area contributed by atoms with Crippen molar-refractivity contribution in [2.24, 2.45) is 0 Å². The monoisotopic (exact) mass is 464 g/mol. The highest BCUT2D eigenvalue weighted by Crippen LogP contribution is 2.63. The summed E-state index contributed by atoms with van der Waals surface area (Å²) >= 11 is 0. The molecule has 0 radical (unpaired) electrons. The van der Waals surface area contributed by atoms with Gasteiger partial charge in [0.2, 0.25) is 0 Å². The van der Waals surface area contributed by atoms with Crippen LogP contribution in [0.15, 0.2) is 10.9 Å². The van der Waals surface area contributed by atoms with Gasteiger partial charge in [0, 0.05) is 0 Å². The van der Waals surface area contributed by atoms with Crippen LogP contribution in [-0.4, -0.2) is 42.2 Å². The minimum atomic E-state index is -8.01. The second-order valence-electron chi connectivity index (χ2n) is 4.59. The first kappa shape index (κ1) is 26.0. The molecule has 0 aromatic rings. The normalized spacial score (nSPS) is 15.8. The first-order chi connectivity index (χ1) is 11.3. The molecule has 0 nitrogen and oxygen atoms in total. The summed E-state index contributed by atoms with van der Waals surface area (Å²) in [6, 6.07) is 0. The van der Waals surface area contributed by atoms with Gasteiger partial charge >= 0.3 is 42.2 Å². The molecule has 0 spiro atoms. The fraction of sp³-hybridized carbons (Fsp3) is 0.778. The fourth-order valence-corrected chi connectivity index (χ4v) is 2.04. The van der Waals surface area contributed by atoms with Crippen LogP contribution in [0.2, 0.25) is 0 Å². The SMILES string of the molecule is FC(F)(F)C(P)=C(C(F)(C(F)(F)F)C(F)(F)F)C(F)(C(F)(F)F)C(F)(F)F. The molecule has 1 unspecified atom stereocenters. The summed E-state index contributed by atoms with van der Waals surface area (Å²) in [4.78, 5) is 0. The van der Waals surface area contributed by atoms with Crippen molar-refractivity contribution in [1.82, 2.24) is 0 Å². The average Bonchev–Trinajstić information content (AvgIpc) is 2.31. The highest BCUT2D eigenvalue weighted by Gasteiger charge is 2.87. The highest BCUT2D eigenvalue weighted by molar-refractivity contribution is 7.22. The first-order valence-corrected chi connectivity index (χ1v) is 6.08. The third-order valence-electron chi connectivity index (χ3n) is 2.83. The second-order valence-corrected chi connectivity index (χ2v) is 5.17. The Morgan fingerprint density at radius 1 is 0.407 bits per heavy atom. The highest BCUT2D eigenvalue weighted by atomic mass is 31.0. The van der Waals surface area contributed by atoms with Gasteiger partial charge in [-0.05, 0) is 0 Å². The van der Waals surface area contributed by atoms with E-state index in [0.29, 0.717) is 0 Å². The third-order valence-corrected chi connectivity index (χ3v) is 3.44. The van der Waals surface area contributed by atoms with Gasteiger partial charge in [-0.2, -0.15) is 65.9 Å². The smallest absolute Gasteiger partial charge is 0.218 e. The molecule has 18 heteroatoms. The van der Waals surface area contributed by atoms with Crippen molar-refractivity contribution in [3.8, 4) is 0 Å². The predicted molar refractivity (Wildman–Crippen MR) is 54.7 cm³/mol. The second kappa shape index (κ2) is 6.51. The van der Waals surface area contributed by atoms with E-state index in [-0.39, 0.29) is 0 Å². The van der Waals surface area contributed by atoms with Crippen LogP contribution in [0.1, 0.15) is 0 Å². The number of hydrogen-bond donors (Lipinski definition) is 0. The lowest BCUT2D eigenvalue weighted by atomic mass is 9.80. The first-order valence-electron chi connectivity index (χ1n) is 5.50. The molecule has 0 heterocycles. The van der Waals surface area contributed by atoms with Crippen LogP contribution >= 0.6 is 9.24 Å². The van der Waals surface area contributed by atoms with Crippen molar-refractivity contribution in [2.45, 2.75) is 42.2 Å². The lowest BCUT2D eigenvalue weighted by molar-refractivity contribution is -0.364. The van der Waals surface area contributed by atoms with E-state index in [1.54, 1.807) is 0 Å². The van der Waals surface area contributed by atoms with Gasteiger partial charge in [-0.25, -0.2) is 8.78 Å². The van der Waals surface area contributed by atoms with Gasteiger partial charge < -0.3 is 0 Å². The van der Waals surface area contributed by atoms with Crippen molar-refractivity contribution in [3.63, 3.8) is 0 Å². The summed E-state index contributed by atoms with van der Waals surface area (Å²) in [5, 5.41) is -4.14. The maximum Gasteiger partial charge on any atom is 0.435 e. The van der Waals surface area contributed by atoms with Gasteiger partial charge in [0.05, 0.1) is 10.9 Å². The molecule has 1 atom stereocenters. The number of allylic oxidation sites excluding steroid dienone is 2. The van der Waals surface area contributed by atoms with Crippen molar-refractivity contribution in [3.05, 3.63) is 10.9 Å². The van der Waals surface area contributed by atoms with Crippen LogP contribution < -0.4 is 0 Å². The van der Waals surface area contributed by atoms with Crippen LogP contribution in [0.5, 0.6) is 0 Å². The van der Waals surface area contributed by atoms with E-state index < -0.39 is 62.3 Å². The summed E-state index contributed by atoms with van der Waals surface area (Å²) in [6.07, 6.45) is -38.5. The molecule has 0 aliphatic heterocycles. The van der Waals surface area contributed by atoms with E-state index in [2.05, 4.69) is 0 Å². The molecule has 0 aromatic heterocycles. The lowest BCUT2D eigenvalue weighted by Gasteiger charge is -2.41. The quantitative estimate of drug-likeness (QED) is 0.331. The molecule has 0 saturated carbocycles. The van der Waals surface area contributed by atoms with Crippen LogP contribution in [-0.2, 0) is 0 Å². The minimum absolute atomic E-state index is 0.402. The molecule has 0 aliphatic rings. The van der Waals surface area contributed by atoms with Crippen LogP contribution in [0.4, 0.5) is 74.6 Å². The van der Waals surface area contributed by atoms with Crippen LogP contribution in [0.25, 0.3) is 0 Å². The molecule has 162 valence electrons. The van der Waals surface area contributed by atoms with E-state index in [9.17, 15) is 74.6 Å². The summed E-state index contributed by atoms with van der Waals surface area (Å²) < 4.78 is 215. The number of rotatable bonds is 2. The molecule has 27 heavy (non-hydrogen) atoms. The Morgan fingerprint density at radius 2 is 0.593 bits per heavy atom. The average molecular weight is 464 g/mol. The van der Waals surface area contributed by atoms with Crippen LogP contribution in [0, 0.1) is 0 Å². The minimum Gasteiger partial charge on any atom is -0.218 e. The van der Waals surface area contributed by atoms with Gasteiger partial charge in [-0.3, -0.25) is 0 Å². The number of alkyl halides is 17. The molecule has 0 amide bonds. The zero-order chi connectivity index (χ0) is 22.7. The van der Waals surface area contributed by atoms with Gasteiger partial charge in [0.15, 0.2) is 0 Å². The zero-order valence-corrected chi connectivity index (χ0v) is 12.7. The molecule has 0 fully saturated rings. The third kappa shape index (κ3) is 4.06. The van der Waals surface area contributed by atoms with E-state index >= 15 is 0 Å². The molecule has 0 aromatic carbocycles. The Balaban J connectivity index is 7.82. The molecular weight excluding hydrogens is 462 g/mol. The summed E-state index contributed by atoms with van der Waals surface area (Å²) in [7, 11) is -0.402. The zero-order valence-electron chi connectivity index (χ0n) is 11.5. The van der Waals surface area contributed by atoms with Crippen molar-refractivity contribution >= 4 is 9.24 Å². The largest absolute Gasteiger partial charge is 0.435 e.